The quantitative estimate of drug-likeness (QED) is 0.424. The minimum absolute atomic E-state index is 0. The smallest absolute Gasteiger partial charge is 0.308 e. The zero-order valence-corrected chi connectivity index (χ0v) is 17.9. The molecule has 30 heavy (non-hydrogen) atoms. The van der Waals surface area contributed by atoms with E-state index in [1.54, 1.807) is 18.3 Å². The lowest BCUT2D eigenvalue weighted by Crippen LogP contribution is -2.39. The van der Waals surface area contributed by atoms with Crippen LogP contribution in [0.25, 0.3) is 38.1 Å². The van der Waals surface area contributed by atoms with E-state index in [2.05, 4.69) is 4.98 Å². The number of benzene rings is 2. The Bertz CT molecular complexity index is 1510. The average Bonchev–Trinajstić information content (AvgIpc) is 3.04. The van der Waals surface area contributed by atoms with Gasteiger partial charge in [0.25, 0.3) is 5.56 Å². The van der Waals surface area contributed by atoms with Crippen LogP contribution in [-0.4, -0.2) is 39.5 Å². The van der Waals surface area contributed by atoms with Gasteiger partial charge < -0.3 is 4.90 Å². The van der Waals surface area contributed by atoms with Gasteiger partial charge in [0.2, 0.25) is 0 Å². The molecule has 0 saturated heterocycles. The predicted molar refractivity (Wildman–Crippen MR) is 122 cm³/mol. The van der Waals surface area contributed by atoms with Crippen molar-refractivity contribution >= 4 is 62.9 Å². The molecule has 6 nitrogen and oxygen atoms in total. The maximum absolute atomic E-state index is 14.9. The van der Waals surface area contributed by atoms with Gasteiger partial charge in [0, 0.05) is 35.4 Å². The van der Waals surface area contributed by atoms with Gasteiger partial charge in [-0.25, -0.2) is 9.18 Å². The van der Waals surface area contributed by atoms with Gasteiger partial charge in [-0.05, 0) is 44.4 Å². The number of hydrogen-bond donors (Lipinski definition) is 0. The summed E-state index contributed by atoms with van der Waals surface area (Å²) >= 11 is 0. The Kier molecular flexibility index (Phi) is 5.73. The van der Waals surface area contributed by atoms with E-state index in [4.69, 9.17) is 0 Å². The summed E-state index contributed by atoms with van der Waals surface area (Å²) in [4.78, 5) is 32.5. The standard InChI is InChI=1S/C21H17FN4O2.2ClH/c1-24(2)10-11-25-20(27)13-5-6-14(22)18-17-12-4-3-9-23-15(12)7-8-16(17)26(19(13)18)21(25)28;;/h3-9H,10-11H2,1-2H3;2*1H. The molecular formula is C21H19Cl2FN4O2. The fraction of sp³-hybridized carbons (Fsp3) is 0.190. The van der Waals surface area contributed by atoms with E-state index < -0.39 is 17.1 Å². The zero-order valence-electron chi connectivity index (χ0n) is 16.3. The average molecular weight is 449 g/mol. The van der Waals surface area contributed by atoms with Crippen molar-refractivity contribution in [3.8, 4) is 0 Å². The third kappa shape index (κ3) is 2.93. The first-order chi connectivity index (χ1) is 13.5. The van der Waals surface area contributed by atoms with Crippen molar-refractivity contribution < 1.29 is 4.39 Å². The van der Waals surface area contributed by atoms with Crippen molar-refractivity contribution in [1.82, 2.24) is 18.9 Å². The predicted octanol–water partition coefficient (Wildman–Crippen LogP) is 3.30. The molecule has 0 unspecified atom stereocenters. The molecule has 0 radical (unpaired) electrons. The van der Waals surface area contributed by atoms with Gasteiger partial charge in [-0.1, -0.05) is 6.07 Å². The summed E-state index contributed by atoms with van der Waals surface area (Å²) in [6.45, 7) is 0.807. The molecule has 5 rings (SSSR count). The number of hydrogen-bond acceptors (Lipinski definition) is 4. The first kappa shape index (κ1) is 22.0. The van der Waals surface area contributed by atoms with Crippen molar-refractivity contribution in [1.29, 1.82) is 0 Å². The highest BCUT2D eigenvalue weighted by Gasteiger charge is 2.22. The zero-order chi connectivity index (χ0) is 19.6. The lowest BCUT2D eigenvalue weighted by atomic mass is 10.1. The highest BCUT2D eigenvalue weighted by atomic mass is 35.5. The van der Waals surface area contributed by atoms with Crippen LogP contribution >= 0.6 is 24.8 Å². The Morgan fingerprint density at radius 3 is 2.50 bits per heavy atom. The normalized spacial score (nSPS) is 11.5. The summed E-state index contributed by atoms with van der Waals surface area (Å²) in [6, 6.07) is 9.98. The second kappa shape index (κ2) is 7.83. The summed E-state index contributed by atoms with van der Waals surface area (Å²) in [5.74, 6) is -0.457. The van der Waals surface area contributed by atoms with Gasteiger partial charge in [0.15, 0.2) is 0 Å². The van der Waals surface area contributed by atoms with Crippen molar-refractivity contribution in [2.45, 2.75) is 6.54 Å². The molecule has 0 atom stereocenters. The SMILES string of the molecule is CN(C)CCn1c(=O)c2ccc(F)c3c4c5cccnc5ccc4n(c1=O)c23.Cl.Cl. The van der Waals surface area contributed by atoms with E-state index in [1.165, 1.54) is 21.1 Å². The molecule has 0 aliphatic rings. The van der Waals surface area contributed by atoms with Crippen molar-refractivity contribution in [3.63, 3.8) is 0 Å². The molecule has 5 aromatic rings. The van der Waals surface area contributed by atoms with Crippen molar-refractivity contribution in [2.24, 2.45) is 0 Å². The molecule has 2 aromatic carbocycles. The Morgan fingerprint density at radius 2 is 1.77 bits per heavy atom. The molecule has 9 heteroatoms. The van der Waals surface area contributed by atoms with E-state index in [0.717, 1.165) is 5.39 Å². The van der Waals surface area contributed by atoms with E-state index in [-0.39, 0.29) is 31.4 Å². The van der Waals surface area contributed by atoms with E-state index >= 15 is 0 Å². The number of pyridine rings is 1. The second-order valence-electron chi connectivity index (χ2n) is 7.23. The lowest BCUT2D eigenvalue weighted by Gasteiger charge is -2.12. The highest BCUT2D eigenvalue weighted by molar-refractivity contribution is 6.22. The van der Waals surface area contributed by atoms with Crippen LogP contribution < -0.4 is 11.2 Å². The second-order valence-corrected chi connectivity index (χ2v) is 7.23. The largest absolute Gasteiger partial charge is 0.336 e. The van der Waals surface area contributed by atoms with E-state index in [1.807, 2.05) is 31.1 Å². The van der Waals surface area contributed by atoms with Crippen LogP contribution in [-0.2, 0) is 6.54 Å². The minimum Gasteiger partial charge on any atom is -0.308 e. The molecule has 0 amide bonds. The molecule has 0 fully saturated rings. The van der Waals surface area contributed by atoms with E-state index in [0.29, 0.717) is 39.3 Å². The van der Waals surface area contributed by atoms with Crippen LogP contribution in [0.1, 0.15) is 0 Å². The summed E-state index contributed by atoms with van der Waals surface area (Å²) in [7, 11) is 3.76. The van der Waals surface area contributed by atoms with Gasteiger partial charge >= 0.3 is 5.69 Å². The summed E-state index contributed by atoms with van der Waals surface area (Å²) in [5.41, 5.74) is 0.778. The van der Waals surface area contributed by atoms with Crippen LogP contribution in [0, 0.1) is 5.82 Å². The maximum atomic E-state index is 14.9. The topological polar surface area (TPSA) is 59.6 Å². The van der Waals surface area contributed by atoms with Gasteiger partial charge in [0.1, 0.15) is 5.82 Å². The lowest BCUT2D eigenvalue weighted by molar-refractivity contribution is 0.376. The van der Waals surface area contributed by atoms with Crippen molar-refractivity contribution in [2.75, 3.05) is 20.6 Å². The number of nitrogens with zero attached hydrogens (tertiary/aromatic N) is 4. The summed E-state index contributed by atoms with van der Waals surface area (Å²) < 4.78 is 17.6. The number of aromatic nitrogens is 3. The summed E-state index contributed by atoms with van der Waals surface area (Å²) in [6.07, 6.45) is 1.67. The Hall–Kier alpha value is -2.74. The number of rotatable bonds is 3. The molecular weight excluding hydrogens is 430 g/mol. The van der Waals surface area contributed by atoms with Crippen molar-refractivity contribution in [3.05, 3.63) is 69.3 Å². The number of likely N-dealkylation sites (N-methyl/N-ethyl adjacent to an activating group) is 1. The highest BCUT2D eigenvalue weighted by Crippen LogP contribution is 2.35. The Morgan fingerprint density at radius 1 is 1.00 bits per heavy atom. The molecule has 3 heterocycles. The van der Waals surface area contributed by atoms with Gasteiger partial charge in [-0.3, -0.25) is 18.7 Å². The number of halogens is 3. The molecule has 0 aliphatic heterocycles. The molecule has 3 aromatic heterocycles. The summed E-state index contributed by atoms with van der Waals surface area (Å²) in [5, 5.41) is 1.99. The maximum Gasteiger partial charge on any atom is 0.336 e. The van der Waals surface area contributed by atoms with Crippen LogP contribution in [0.3, 0.4) is 0 Å². The van der Waals surface area contributed by atoms with Gasteiger partial charge in [-0.2, -0.15) is 0 Å². The van der Waals surface area contributed by atoms with Gasteiger partial charge in [-0.15, -0.1) is 24.8 Å². The third-order valence-corrected chi connectivity index (χ3v) is 5.27. The van der Waals surface area contributed by atoms with Crippen LogP contribution in [0.4, 0.5) is 4.39 Å². The fourth-order valence-electron chi connectivity index (χ4n) is 3.97. The van der Waals surface area contributed by atoms with E-state index in [9.17, 15) is 14.0 Å². The molecule has 0 aliphatic carbocycles. The van der Waals surface area contributed by atoms with Gasteiger partial charge in [0.05, 0.1) is 21.9 Å². The molecule has 0 saturated carbocycles. The number of fused-ring (bicyclic) bond motifs is 5. The first-order valence-corrected chi connectivity index (χ1v) is 9.00. The third-order valence-electron chi connectivity index (χ3n) is 5.27. The first-order valence-electron chi connectivity index (χ1n) is 9.00. The minimum atomic E-state index is -0.457. The molecule has 156 valence electrons. The van der Waals surface area contributed by atoms with Crippen LogP contribution in [0.15, 0.2) is 52.2 Å². The van der Waals surface area contributed by atoms with Crippen LogP contribution in [0.5, 0.6) is 0 Å². The van der Waals surface area contributed by atoms with Crippen LogP contribution in [0.2, 0.25) is 0 Å². The Balaban J connectivity index is 0.00000128. The fourth-order valence-corrected chi connectivity index (χ4v) is 3.97. The molecule has 0 spiro atoms. The molecule has 0 N–H and O–H groups in total. The monoisotopic (exact) mass is 448 g/mol. The Labute approximate surface area is 182 Å². The molecule has 0 bridgehead atoms.